The third-order valence-corrected chi connectivity index (χ3v) is 3.80. The van der Waals surface area contributed by atoms with Crippen molar-refractivity contribution in [2.75, 3.05) is 20.0 Å². The van der Waals surface area contributed by atoms with Crippen molar-refractivity contribution in [2.45, 2.75) is 53.4 Å². The van der Waals surface area contributed by atoms with E-state index in [4.69, 9.17) is 18.3 Å². The van der Waals surface area contributed by atoms with Crippen molar-refractivity contribution in [1.29, 1.82) is 0 Å². The number of hydrogen-bond donors (Lipinski definition) is 0. The minimum atomic E-state index is -3.64. The Bertz CT molecular complexity index is 291. The topological polar surface area (TPSA) is 71.1 Å². The van der Waals surface area contributed by atoms with Gasteiger partial charge in [-0.05, 0) is 12.8 Å². The minimum Gasteiger partial charge on any atom is -0.438 e. The van der Waals surface area contributed by atoms with E-state index < -0.39 is 20.6 Å². The van der Waals surface area contributed by atoms with E-state index in [-0.39, 0.29) is 19.1 Å². The molecule has 0 bridgehead atoms. The van der Waals surface area contributed by atoms with E-state index in [1.165, 1.54) is 0 Å². The van der Waals surface area contributed by atoms with Gasteiger partial charge in [0.05, 0.1) is 19.1 Å². The fourth-order valence-corrected chi connectivity index (χ4v) is 2.18. The molecule has 7 heteroatoms. The van der Waals surface area contributed by atoms with Crippen LogP contribution in [0.5, 0.6) is 0 Å². The normalized spacial score (nSPS) is 11.8. The lowest BCUT2D eigenvalue weighted by molar-refractivity contribution is -0.155. The number of hydrogen-bond acceptors (Lipinski definition) is 6. The van der Waals surface area contributed by atoms with Crippen LogP contribution in [0.4, 0.5) is 0 Å². The van der Waals surface area contributed by atoms with Crippen molar-refractivity contribution < 1.29 is 27.7 Å². The number of esters is 1. The number of carbonyl (C=O) groups excluding carboxylic acids is 1. The number of phosphoric ester groups is 1. The summed E-state index contributed by atoms with van der Waals surface area (Å²) >= 11 is 0. The van der Waals surface area contributed by atoms with E-state index in [2.05, 4.69) is 0 Å². The molecule has 0 saturated carbocycles. The van der Waals surface area contributed by atoms with Gasteiger partial charge in [-0.2, -0.15) is 0 Å². The Morgan fingerprint density at radius 1 is 1.00 bits per heavy atom. The fraction of sp³-hybridized carbons (Fsp3) is 0.923. The summed E-state index contributed by atoms with van der Waals surface area (Å²) in [4.78, 5) is 11.3. The van der Waals surface area contributed by atoms with Crippen LogP contribution in [0.15, 0.2) is 0 Å². The molecule has 0 aromatic rings. The number of carbonyl (C=O) groups is 1. The predicted molar refractivity (Wildman–Crippen MR) is 76.2 cm³/mol. The molecule has 0 unspecified atom stereocenters. The number of rotatable bonds is 12. The summed E-state index contributed by atoms with van der Waals surface area (Å²) in [5.74, 6) is -0.682. The Morgan fingerprint density at radius 3 is 1.90 bits per heavy atom. The van der Waals surface area contributed by atoms with Crippen LogP contribution in [0.1, 0.15) is 53.4 Å². The average Bonchev–Trinajstić information content (AvgIpc) is 2.39. The molecule has 20 heavy (non-hydrogen) atoms. The van der Waals surface area contributed by atoms with Gasteiger partial charge in [-0.15, -0.1) is 0 Å². The fourth-order valence-electron chi connectivity index (χ4n) is 1.07. The summed E-state index contributed by atoms with van der Waals surface area (Å²) in [7, 11) is -3.64. The summed E-state index contributed by atoms with van der Waals surface area (Å²) in [6.45, 7) is 7.56. The van der Waals surface area contributed by atoms with Gasteiger partial charge in [-0.25, -0.2) is 9.09 Å². The Hall–Kier alpha value is -0.420. The molecule has 0 aromatic heterocycles. The molecule has 0 radical (unpaired) electrons. The van der Waals surface area contributed by atoms with Crippen LogP contribution in [0, 0.1) is 5.92 Å². The Labute approximate surface area is 121 Å². The van der Waals surface area contributed by atoms with E-state index in [1.807, 2.05) is 13.8 Å². The first-order valence-electron chi connectivity index (χ1n) is 7.15. The van der Waals surface area contributed by atoms with Crippen LogP contribution in [-0.4, -0.2) is 26.0 Å². The van der Waals surface area contributed by atoms with Gasteiger partial charge in [-0.1, -0.05) is 40.5 Å². The third kappa shape index (κ3) is 9.48. The van der Waals surface area contributed by atoms with E-state index in [1.54, 1.807) is 13.8 Å². The number of ether oxygens (including phenoxy) is 1. The molecule has 120 valence electrons. The smallest absolute Gasteiger partial charge is 0.438 e. The lowest BCUT2D eigenvalue weighted by atomic mass is 10.2. The summed E-state index contributed by atoms with van der Waals surface area (Å²) in [6.07, 6.45) is 3.35. The van der Waals surface area contributed by atoms with Crippen LogP contribution in [0.25, 0.3) is 0 Å². The van der Waals surface area contributed by atoms with E-state index in [9.17, 15) is 9.36 Å². The summed E-state index contributed by atoms with van der Waals surface area (Å²) < 4.78 is 32.4. The second kappa shape index (κ2) is 11.3. The highest BCUT2D eigenvalue weighted by atomic mass is 31.2. The molecule has 0 aliphatic heterocycles. The van der Waals surface area contributed by atoms with Gasteiger partial charge in [0.2, 0.25) is 6.79 Å². The first-order chi connectivity index (χ1) is 9.45. The first-order valence-corrected chi connectivity index (χ1v) is 8.61. The van der Waals surface area contributed by atoms with Crippen molar-refractivity contribution >= 4 is 13.8 Å². The first kappa shape index (κ1) is 19.6. The molecule has 0 rings (SSSR count). The maximum atomic E-state index is 12.3. The molecule has 0 aromatic carbocycles. The average molecular weight is 310 g/mol. The molecular weight excluding hydrogens is 283 g/mol. The quantitative estimate of drug-likeness (QED) is 0.236. The van der Waals surface area contributed by atoms with Crippen LogP contribution >= 0.6 is 7.82 Å². The highest BCUT2D eigenvalue weighted by molar-refractivity contribution is 7.48. The Balaban J connectivity index is 4.21. The van der Waals surface area contributed by atoms with E-state index >= 15 is 0 Å². The SMILES string of the molecule is CCCCOP(=O)(OCCCC)OCOC(=O)C(C)C. The van der Waals surface area contributed by atoms with Crippen LogP contribution in [0.2, 0.25) is 0 Å². The van der Waals surface area contributed by atoms with Crippen molar-refractivity contribution in [3.05, 3.63) is 0 Å². The van der Waals surface area contributed by atoms with E-state index in [0.29, 0.717) is 0 Å². The molecule has 0 N–H and O–H groups in total. The Kier molecular flexibility index (Phi) is 11.0. The van der Waals surface area contributed by atoms with Gasteiger partial charge < -0.3 is 4.74 Å². The van der Waals surface area contributed by atoms with Gasteiger partial charge in [0.1, 0.15) is 0 Å². The highest BCUT2D eigenvalue weighted by Crippen LogP contribution is 2.49. The summed E-state index contributed by atoms with van der Waals surface area (Å²) in [5, 5.41) is 0. The second-order valence-corrected chi connectivity index (χ2v) is 6.35. The highest BCUT2D eigenvalue weighted by Gasteiger charge is 2.27. The Morgan fingerprint density at radius 2 is 1.50 bits per heavy atom. The molecule has 0 amide bonds. The zero-order valence-electron chi connectivity index (χ0n) is 12.9. The van der Waals surface area contributed by atoms with Crippen molar-refractivity contribution in [3.8, 4) is 0 Å². The van der Waals surface area contributed by atoms with Gasteiger partial charge in [0, 0.05) is 0 Å². The minimum absolute atomic E-state index is 0.264. The molecule has 0 aliphatic rings. The van der Waals surface area contributed by atoms with Crippen molar-refractivity contribution in [2.24, 2.45) is 5.92 Å². The van der Waals surface area contributed by atoms with Gasteiger partial charge in [0.15, 0.2) is 0 Å². The molecule has 0 heterocycles. The van der Waals surface area contributed by atoms with Gasteiger partial charge >= 0.3 is 13.8 Å². The third-order valence-electron chi connectivity index (χ3n) is 2.38. The number of phosphoric acid groups is 1. The van der Waals surface area contributed by atoms with Gasteiger partial charge in [-0.3, -0.25) is 13.8 Å². The molecule has 0 fully saturated rings. The molecular formula is C13H27O6P. The molecule has 6 nitrogen and oxygen atoms in total. The molecule has 0 saturated heterocycles. The molecule has 0 atom stereocenters. The standard InChI is InChI=1S/C13H27O6P/c1-5-7-9-17-20(15,18-10-8-6-2)19-11-16-13(14)12(3)4/h12H,5-11H2,1-4H3. The predicted octanol–water partition coefficient (Wildman–Crippen LogP) is 3.90. The van der Waals surface area contributed by atoms with Gasteiger partial charge in [0.25, 0.3) is 0 Å². The second-order valence-electron chi connectivity index (χ2n) is 4.69. The number of unbranched alkanes of at least 4 members (excludes halogenated alkanes) is 2. The molecule has 0 aliphatic carbocycles. The van der Waals surface area contributed by atoms with Crippen LogP contribution in [0.3, 0.4) is 0 Å². The maximum absolute atomic E-state index is 12.3. The summed E-state index contributed by atoms with van der Waals surface area (Å²) in [5.41, 5.74) is 0. The molecule has 0 spiro atoms. The maximum Gasteiger partial charge on any atom is 0.477 e. The zero-order valence-corrected chi connectivity index (χ0v) is 13.8. The van der Waals surface area contributed by atoms with Crippen molar-refractivity contribution in [1.82, 2.24) is 0 Å². The van der Waals surface area contributed by atoms with Crippen molar-refractivity contribution in [3.63, 3.8) is 0 Å². The monoisotopic (exact) mass is 310 g/mol. The van der Waals surface area contributed by atoms with Crippen LogP contribution < -0.4 is 0 Å². The largest absolute Gasteiger partial charge is 0.477 e. The van der Waals surface area contributed by atoms with E-state index in [0.717, 1.165) is 25.7 Å². The lowest BCUT2D eigenvalue weighted by Crippen LogP contribution is -2.14. The summed E-state index contributed by atoms with van der Waals surface area (Å²) in [6, 6.07) is 0. The lowest BCUT2D eigenvalue weighted by Gasteiger charge is -2.18. The van der Waals surface area contributed by atoms with Crippen LogP contribution in [-0.2, 0) is 27.7 Å². The zero-order chi connectivity index (χ0) is 15.4.